The molecule has 0 saturated carbocycles. The van der Waals surface area contributed by atoms with Gasteiger partial charge in [0.1, 0.15) is 12.2 Å². The molecule has 1 aliphatic rings. The van der Waals surface area contributed by atoms with E-state index in [4.69, 9.17) is 11.6 Å². The number of carbonyl (C=O) groups excluding carboxylic acids is 1. The highest BCUT2D eigenvalue weighted by Gasteiger charge is 2.32. The third-order valence-corrected chi connectivity index (χ3v) is 4.40. The Labute approximate surface area is 153 Å². The Balaban J connectivity index is 1.56. The molecule has 126 valence electrons. The average molecular weight is 411 g/mol. The zero-order valence-corrected chi connectivity index (χ0v) is 15.0. The number of hydrogen-bond donors (Lipinski definition) is 5. The molecule has 1 amide bonds. The zero-order valence-electron chi connectivity index (χ0n) is 12.6. The number of hydrogen-bond acceptors (Lipinski definition) is 5. The molecule has 6 nitrogen and oxygen atoms in total. The molecule has 8 heteroatoms. The highest BCUT2D eigenvalue weighted by Crippen LogP contribution is 2.15. The summed E-state index contributed by atoms with van der Waals surface area (Å²) in [6.45, 7) is 0.470. The first-order valence-electron chi connectivity index (χ1n) is 7.42. The van der Waals surface area contributed by atoms with Crippen LogP contribution >= 0.6 is 27.5 Å². The fourth-order valence-electron chi connectivity index (χ4n) is 2.33. The summed E-state index contributed by atoms with van der Waals surface area (Å²) in [5.41, 5.74) is 10.6. The summed E-state index contributed by atoms with van der Waals surface area (Å²) >= 11 is 9.27. The molecule has 0 aliphatic carbocycles. The van der Waals surface area contributed by atoms with E-state index in [2.05, 4.69) is 42.9 Å². The standard InChI is InChI=1S/C16H17BrClN5O/c17-11-3-1-10(2-4-11)9-19-16(24)14-15(22-23-21-14)20-13-7-5-12(18)6-8-13/h1-8,14-15,20-23H,9H2,(H,19,24). The molecule has 1 saturated heterocycles. The van der Waals surface area contributed by atoms with Gasteiger partial charge in [-0.25, -0.2) is 10.9 Å². The van der Waals surface area contributed by atoms with Crippen LogP contribution in [0.25, 0.3) is 0 Å². The Morgan fingerprint density at radius 2 is 1.79 bits per heavy atom. The predicted octanol–water partition coefficient (Wildman–Crippen LogP) is 2.14. The summed E-state index contributed by atoms with van der Waals surface area (Å²) in [4.78, 5) is 12.4. The molecule has 2 aromatic carbocycles. The Morgan fingerprint density at radius 1 is 1.08 bits per heavy atom. The number of halogens is 2. The maximum Gasteiger partial charge on any atom is 0.242 e. The quantitative estimate of drug-likeness (QED) is 0.522. The number of hydrazine groups is 2. The molecule has 0 aromatic heterocycles. The van der Waals surface area contributed by atoms with Crippen LogP contribution in [0.3, 0.4) is 0 Å². The second kappa shape index (κ2) is 7.96. The van der Waals surface area contributed by atoms with E-state index in [-0.39, 0.29) is 12.1 Å². The first kappa shape index (κ1) is 17.2. The molecule has 0 radical (unpaired) electrons. The molecular formula is C16H17BrClN5O. The molecular weight excluding hydrogens is 394 g/mol. The molecule has 0 spiro atoms. The van der Waals surface area contributed by atoms with Crippen LogP contribution < -0.4 is 27.0 Å². The third-order valence-electron chi connectivity index (χ3n) is 3.62. The van der Waals surface area contributed by atoms with Crippen molar-refractivity contribution < 1.29 is 4.79 Å². The van der Waals surface area contributed by atoms with Crippen LogP contribution in [0.1, 0.15) is 5.56 Å². The Bertz CT molecular complexity index is 695. The van der Waals surface area contributed by atoms with Gasteiger partial charge in [-0.15, -0.1) is 0 Å². The fourth-order valence-corrected chi connectivity index (χ4v) is 2.72. The van der Waals surface area contributed by atoms with E-state index in [0.717, 1.165) is 15.7 Å². The molecule has 3 rings (SSSR count). The van der Waals surface area contributed by atoms with Gasteiger partial charge >= 0.3 is 0 Å². The predicted molar refractivity (Wildman–Crippen MR) is 98.0 cm³/mol. The maximum atomic E-state index is 12.4. The summed E-state index contributed by atoms with van der Waals surface area (Å²) in [6.07, 6.45) is -0.295. The van der Waals surface area contributed by atoms with Crippen molar-refractivity contribution in [3.8, 4) is 0 Å². The molecule has 2 aromatic rings. The number of anilines is 1. The number of rotatable bonds is 5. The lowest BCUT2D eigenvalue weighted by Gasteiger charge is -2.20. The van der Waals surface area contributed by atoms with E-state index in [1.54, 1.807) is 12.1 Å². The second-order valence-corrected chi connectivity index (χ2v) is 6.72. The van der Waals surface area contributed by atoms with E-state index >= 15 is 0 Å². The topological polar surface area (TPSA) is 77.2 Å². The van der Waals surface area contributed by atoms with E-state index in [9.17, 15) is 4.79 Å². The molecule has 1 aliphatic heterocycles. The minimum absolute atomic E-state index is 0.109. The summed E-state index contributed by atoms with van der Waals surface area (Å²) < 4.78 is 1.01. The molecule has 2 atom stereocenters. The molecule has 2 unspecified atom stereocenters. The molecule has 1 fully saturated rings. The van der Waals surface area contributed by atoms with Crippen molar-refractivity contribution in [3.05, 3.63) is 63.6 Å². The van der Waals surface area contributed by atoms with Crippen molar-refractivity contribution in [2.75, 3.05) is 5.32 Å². The fraction of sp³-hybridized carbons (Fsp3) is 0.188. The lowest BCUT2D eigenvalue weighted by Crippen LogP contribution is -2.50. The lowest BCUT2D eigenvalue weighted by molar-refractivity contribution is -0.123. The van der Waals surface area contributed by atoms with Crippen molar-refractivity contribution >= 4 is 39.1 Å². The van der Waals surface area contributed by atoms with Gasteiger partial charge in [0.05, 0.1) is 0 Å². The van der Waals surface area contributed by atoms with Crippen molar-refractivity contribution in [2.45, 2.75) is 18.8 Å². The van der Waals surface area contributed by atoms with Crippen LogP contribution in [0.4, 0.5) is 5.69 Å². The monoisotopic (exact) mass is 409 g/mol. The Hall–Kier alpha value is -1.64. The van der Waals surface area contributed by atoms with Gasteiger partial charge in [-0.2, -0.15) is 5.53 Å². The SMILES string of the molecule is O=C(NCc1ccc(Br)cc1)C1NNNC1Nc1ccc(Cl)cc1. The molecule has 0 bridgehead atoms. The first-order valence-corrected chi connectivity index (χ1v) is 8.59. The van der Waals surface area contributed by atoms with E-state index in [1.807, 2.05) is 36.4 Å². The number of benzene rings is 2. The van der Waals surface area contributed by atoms with Crippen LogP contribution in [0.5, 0.6) is 0 Å². The molecule has 1 heterocycles. The highest BCUT2D eigenvalue weighted by atomic mass is 79.9. The van der Waals surface area contributed by atoms with Crippen molar-refractivity contribution in [3.63, 3.8) is 0 Å². The molecule has 24 heavy (non-hydrogen) atoms. The summed E-state index contributed by atoms with van der Waals surface area (Å²) in [7, 11) is 0. The van der Waals surface area contributed by atoms with Gasteiger partial charge in [-0.05, 0) is 42.0 Å². The minimum atomic E-state index is -0.462. The number of amides is 1. The normalized spacial score (nSPS) is 19.9. The van der Waals surface area contributed by atoms with Crippen molar-refractivity contribution in [1.29, 1.82) is 0 Å². The summed E-state index contributed by atoms with van der Waals surface area (Å²) in [6, 6.07) is 14.7. The van der Waals surface area contributed by atoms with Gasteiger partial charge in [-0.3, -0.25) is 4.79 Å². The van der Waals surface area contributed by atoms with Crippen LogP contribution in [0.2, 0.25) is 5.02 Å². The minimum Gasteiger partial charge on any atom is -0.367 e. The Morgan fingerprint density at radius 3 is 2.50 bits per heavy atom. The summed E-state index contributed by atoms with van der Waals surface area (Å²) in [5.74, 6) is -0.109. The van der Waals surface area contributed by atoms with Crippen LogP contribution in [0, 0.1) is 0 Å². The van der Waals surface area contributed by atoms with Gasteiger partial charge in [0.25, 0.3) is 0 Å². The van der Waals surface area contributed by atoms with Crippen molar-refractivity contribution in [1.82, 2.24) is 21.7 Å². The van der Waals surface area contributed by atoms with Crippen LogP contribution in [-0.4, -0.2) is 18.1 Å². The lowest BCUT2D eigenvalue weighted by atomic mass is 10.2. The van der Waals surface area contributed by atoms with E-state index in [1.165, 1.54) is 0 Å². The summed E-state index contributed by atoms with van der Waals surface area (Å²) in [5, 5.41) is 6.84. The smallest absolute Gasteiger partial charge is 0.242 e. The van der Waals surface area contributed by atoms with Gasteiger partial charge < -0.3 is 10.6 Å². The van der Waals surface area contributed by atoms with Gasteiger partial charge in [0.2, 0.25) is 5.91 Å². The average Bonchev–Trinajstić information content (AvgIpc) is 3.04. The van der Waals surface area contributed by atoms with Gasteiger partial charge in [0.15, 0.2) is 0 Å². The number of carbonyl (C=O) groups is 1. The van der Waals surface area contributed by atoms with Gasteiger partial charge in [-0.1, -0.05) is 39.7 Å². The van der Waals surface area contributed by atoms with Crippen LogP contribution in [0.15, 0.2) is 53.0 Å². The largest absolute Gasteiger partial charge is 0.367 e. The van der Waals surface area contributed by atoms with Crippen LogP contribution in [-0.2, 0) is 11.3 Å². The zero-order chi connectivity index (χ0) is 16.9. The van der Waals surface area contributed by atoms with Crippen molar-refractivity contribution in [2.24, 2.45) is 0 Å². The highest BCUT2D eigenvalue weighted by molar-refractivity contribution is 9.10. The maximum absolute atomic E-state index is 12.4. The Kier molecular flexibility index (Phi) is 5.70. The molecule has 5 N–H and O–H groups in total. The van der Waals surface area contributed by atoms with E-state index in [0.29, 0.717) is 11.6 Å². The van der Waals surface area contributed by atoms with E-state index < -0.39 is 6.04 Å². The second-order valence-electron chi connectivity index (χ2n) is 5.36. The first-order chi connectivity index (χ1) is 11.6. The third kappa shape index (κ3) is 4.46. The van der Waals surface area contributed by atoms with Gasteiger partial charge in [0, 0.05) is 21.7 Å². The number of nitrogens with one attached hydrogen (secondary N) is 5.